The van der Waals surface area contributed by atoms with Gasteiger partial charge in [0.2, 0.25) is 5.91 Å². The van der Waals surface area contributed by atoms with Crippen LogP contribution in [0.3, 0.4) is 0 Å². The number of aromatic nitrogens is 1. The standard InChI is InChI=1S/C25H31N3O4/c1-6-27(24(30)32-25(2,3)4)16-19-9-7-8-10-21(19)26-23(29)17-28-14-13-18-15-20(31-5)11-12-22(18)28/h7-15H,6,16-17H2,1-5H3,(H,26,29). The lowest BCUT2D eigenvalue weighted by Crippen LogP contribution is -2.36. The number of benzene rings is 2. The molecular weight excluding hydrogens is 406 g/mol. The first-order chi connectivity index (χ1) is 15.2. The number of carbonyl (C=O) groups is 2. The summed E-state index contributed by atoms with van der Waals surface area (Å²) in [7, 11) is 1.63. The maximum atomic E-state index is 12.8. The van der Waals surface area contributed by atoms with Crippen LogP contribution in [0.15, 0.2) is 54.7 Å². The summed E-state index contributed by atoms with van der Waals surface area (Å²) >= 11 is 0. The SMILES string of the molecule is CCN(Cc1ccccc1NC(=O)Cn1ccc2cc(OC)ccc21)C(=O)OC(C)(C)C. The lowest BCUT2D eigenvalue weighted by Gasteiger charge is -2.27. The fraction of sp³-hybridized carbons (Fsp3) is 0.360. The van der Waals surface area contributed by atoms with Gasteiger partial charge >= 0.3 is 6.09 Å². The highest BCUT2D eigenvalue weighted by atomic mass is 16.6. The second-order valence-electron chi connectivity index (χ2n) is 8.57. The third kappa shape index (κ3) is 5.81. The molecule has 3 rings (SSSR count). The Morgan fingerprint density at radius 3 is 2.53 bits per heavy atom. The second-order valence-corrected chi connectivity index (χ2v) is 8.57. The van der Waals surface area contributed by atoms with Crippen LogP contribution in [0.25, 0.3) is 10.9 Å². The van der Waals surface area contributed by atoms with Gasteiger partial charge in [0.25, 0.3) is 0 Å². The molecule has 0 atom stereocenters. The minimum atomic E-state index is -0.568. The highest BCUT2D eigenvalue weighted by molar-refractivity contribution is 5.93. The Balaban J connectivity index is 1.72. The van der Waals surface area contributed by atoms with E-state index < -0.39 is 5.60 Å². The lowest BCUT2D eigenvalue weighted by molar-refractivity contribution is -0.116. The van der Waals surface area contributed by atoms with Gasteiger partial charge in [-0.3, -0.25) is 4.79 Å². The van der Waals surface area contributed by atoms with Gasteiger partial charge in [0.1, 0.15) is 17.9 Å². The van der Waals surface area contributed by atoms with Gasteiger partial charge in [0.05, 0.1) is 13.7 Å². The molecule has 0 aliphatic rings. The van der Waals surface area contributed by atoms with Crippen molar-refractivity contribution in [3.05, 3.63) is 60.3 Å². The molecule has 0 saturated carbocycles. The number of nitrogens with zero attached hydrogens (tertiary/aromatic N) is 2. The molecule has 1 aromatic heterocycles. The van der Waals surface area contributed by atoms with Crippen LogP contribution < -0.4 is 10.1 Å². The summed E-state index contributed by atoms with van der Waals surface area (Å²) in [6.45, 7) is 8.44. The van der Waals surface area contributed by atoms with E-state index in [0.717, 1.165) is 22.2 Å². The summed E-state index contributed by atoms with van der Waals surface area (Å²) in [6, 6.07) is 15.2. The Bertz CT molecular complexity index is 1100. The van der Waals surface area contributed by atoms with E-state index in [0.29, 0.717) is 18.8 Å². The molecule has 7 heteroatoms. The van der Waals surface area contributed by atoms with Gasteiger partial charge < -0.3 is 24.3 Å². The average molecular weight is 438 g/mol. The van der Waals surface area contributed by atoms with E-state index in [1.165, 1.54) is 0 Å². The van der Waals surface area contributed by atoms with E-state index in [1.54, 1.807) is 12.0 Å². The normalized spacial score (nSPS) is 11.3. The number of rotatable bonds is 7. The fourth-order valence-electron chi connectivity index (χ4n) is 3.41. The Kier molecular flexibility index (Phi) is 7.08. The molecule has 0 aliphatic carbocycles. The van der Waals surface area contributed by atoms with Crippen LogP contribution in [-0.2, 0) is 22.6 Å². The van der Waals surface area contributed by atoms with Crippen molar-refractivity contribution >= 4 is 28.6 Å². The second kappa shape index (κ2) is 9.77. The minimum Gasteiger partial charge on any atom is -0.497 e. The molecule has 32 heavy (non-hydrogen) atoms. The summed E-state index contributed by atoms with van der Waals surface area (Å²) in [4.78, 5) is 26.9. The van der Waals surface area contributed by atoms with E-state index in [9.17, 15) is 9.59 Å². The van der Waals surface area contributed by atoms with Crippen molar-refractivity contribution in [2.75, 3.05) is 19.0 Å². The summed E-state index contributed by atoms with van der Waals surface area (Å²) in [6.07, 6.45) is 1.51. The summed E-state index contributed by atoms with van der Waals surface area (Å²) in [5.74, 6) is 0.630. The summed E-state index contributed by atoms with van der Waals surface area (Å²) in [5.41, 5.74) is 1.91. The number of anilines is 1. The zero-order chi connectivity index (χ0) is 23.3. The summed E-state index contributed by atoms with van der Waals surface area (Å²) < 4.78 is 12.7. The number of hydrogen-bond acceptors (Lipinski definition) is 4. The molecular formula is C25H31N3O4. The molecule has 1 heterocycles. The molecule has 7 nitrogen and oxygen atoms in total. The first-order valence-corrected chi connectivity index (χ1v) is 10.7. The molecule has 0 spiro atoms. The first-order valence-electron chi connectivity index (χ1n) is 10.7. The molecule has 0 bridgehead atoms. The van der Waals surface area contributed by atoms with Crippen LogP contribution in [0.2, 0.25) is 0 Å². The van der Waals surface area contributed by atoms with Gasteiger partial charge in [-0.05, 0) is 63.6 Å². The van der Waals surface area contributed by atoms with E-state index in [4.69, 9.17) is 9.47 Å². The van der Waals surface area contributed by atoms with E-state index in [1.807, 2.05) is 87.0 Å². The Hall–Kier alpha value is -3.48. The maximum absolute atomic E-state index is 12.8. The molecule has 0 aliphatic heterocycles. The number of fused-ring (bicyclic) bond motifs is 1. The molecule has 2 amide bonds. The van der Waals surface area contributed by atoms with Crippen LogP contribution in [0, 0.1) is 0 Å². The van der Waals surface area contributed by atoms with Crippen molar-refractivity contribution in [1.82, 2.24) is 9.47 Å². The van der Waals surface area contributed by atoms with Gasteiger partial charge in [-0.25, -0.2) is 4.79 Å². The monoisotopic (exact) mass is 437 g/mol. The predicted octanol–water partition coefficient (Wildman–Crippen LogP) is 5.05. The van der Waals surface area contributed by atoms with Crippen LogP contribution in [-0.4, -0.2) is 40.7 Å². The Morgan fingerprint density at radius 1 is 1.09 bits per heavy atom. The predicted molar refractivity (Wildman–Crippen MR) is 126 cm³/mol. The van der Waals surface area contributed by atoms with Crippen LogP contribution >= 0.6 is 0 Å². The van der Waals surface area contributed by atoms with Crippen molar-refractivity contribution in [1.29, 1.82) is 0 Å². The number of ether oxygens (including phenoxy) is 2. The highest BCUT2D eigenvalue weighted by Gasteiger charge is 2.22. The van der Waals surface area contributed by atoms with Gasteiger partial charge in [0.15, 0.2) is 0 Å². The quantitative estimate of drug-likeness (QED) is 0.562. The van der Waals surface area contributed by atoms with Crippen molar-refractivity contribution in [3.8, 4) is 5.75 Å². The van der Waals surface area contributed by atoms with Crippen molar-refractivity contribution < 1.29 is 19.1 Å². The van der Waals surface area contributed by atoms with Gasteiger partial charge in [0, 0.05) is 29.3 Å². The first kappa shape index (κ1) is 23.2. The van der Waals surface area contributed by atoms with Gasteiger partial charge in [-0.1, -0.05) is 18.2 Å². The Labute approximate surface area is 188 Å². The number of carbonyl (C=O) groups excluding carboxylic acids is 2. The fourth-order valence-corrected chi connectivity index (χ4v) is 3.41. The largest absolute Gasteiger partial charge is 0.497 e. The Morgan fingerprint density at radius 2 is 1.84 bits per heavy atom. The van der Waals surface area contributed by atoms with Crippen molar-refractivity contribution in [2.24, 2.45) is 0 Å². The molecule has 0 radical (unpaired) electrons. The summed E-state index contributed by atoms with van der Waals surface area (Å²) in [5, 5.41) is 4.00. The smallest absolute Gasteiger partial charge is 0.410 e. The molecule has 1 N–H and O–H groups in total. The topological polar surface area (TPSA) is 72.8 Å². The van der Waals surface area contributed by atoms with Gasteiger partial charge in [-0.2, -0.15) is 0 Å². The molecule has 0 unspecified atom stereocenters. The third-order valence-corrected chi connectivity index (χ3v) is 4.98. The minimum absolute atomic E-state index is 0.147. The van der Waals surface area contributed by atoms with Crippen molar-refractivity contribution in [2.45, 2.75) is 46.4 Å². The van der Waals surface area contributed by atoms with Crippen molar-refractivity contribution in [3.63, 3.8) is 0 Å². The number of methoxy groups -OCH3 is 1. The number of hydrogen-bond donors (Lipinski definition) is 1. The molecule has 0 saturated heterocycles. The highest BCUT2D eigenvalue weighted by Crippen LogP contribution is 2.23. The van der Waals surface area contributed by atoms with E-state index >= 15 is 0 Å². The van der Waals surface area contributed by atoms with Crippen LogP contribution in [0.5, 0.6) is 5.75 Å². The maximum Gasteiger partial charge on any atom is 0.410 e. The number of nitrogens with one attached hydrogen (secondary N) is 1. The van der Waals surface area contributed by atoms with E-state index in [2.05, 4.69) is 5.32 Å². The third-order valence-electron chi connectivity index (χ3n) is 4.98. The zero-order valence-corrected chi connectivity index (χ0v) is 19.3. The van der Waals surface area contributed by atoms with E-state index in [-0.39, 0.29) is 18.5 Å². The molecule has 170 valence electrons. The molecule has 0 fully saturated rings. The average Bonchev–Trinajstić information content (AvgIpc) is 3.13. The number of para-hydroxylation sites is 1. The molecule has 2 aromatic carbocycles. The number of amides is 2. The lowest BCUT2D eigenvalue weighted by atomic mass is 10.1. The zero-order valence-electron chi connectivity index (χ0n) is 19.3. The van der Waals surface area contributed by atoms with Gasteiger partial charge in [-0.15, -0.1) is 0 Å². The van der Waals surface area contributed by atoms with Crippen LogP contribution in [0.4, 0.5) is 10.5 Å². The van der Waals surface area contributed by atoms with Crippen LogP contribution in [0.1, 0.15) is 33.3 Å². The molecule has 3 aromatic rings.